The van der Waals surface area contributed by atoms with E-state index in [9.17, 15) is 13.2 Å². The Balaban J connectivity index is 1.68. The fourth-order valence-corrected chi connectivity index (χ4v) is 4.65. The Labute approximate surface area is 141 Å². The molecule has 6 nitrogen and oxygen atoms in total. The van der Waals surface area contributed by atoms with Gasteiger partial charge in [0.05, 0.1) is 30.9 Å². The van der Waals surface area contributed by atoms with E-state index in [1.54, 1.807) is 12.3 Å². The van der Waals surface area contributed by atoms with Crippen molar-refractivity contribution in [1.29, 1.82) is 0 Å². The van der Waals surface area contributed by atoms with E-state index < -0.39 is 9.84 Å². The van der Waals surface area contributed by atoms with Crippen molar-refractivity contribution in [2.45, 2.75) is 19.0 Å². The molecule has 0 saturated carbocycles. The van der Waals surface area contributed by atoms with Crippen LogP contribution in [0.1, 0.15) is 12.2 Å². The maximum Gasteiger partial charge on any atom is 0.238 e. The van der Waals surface area contributed by atoms with E-state index in [4.69, 9.17) is 4.42 Å². The molecule has 0 radical (unpaired) electrons. The molecule has 128 valence electrons. The number of anilines is 1. The summed E-state index contributed by atoms with van der Waals surface area (Å²) in [4.78, 5) is 14.2. The van der Waals surface area contributed by atoms with Crippen LogP contribution in [0, 0.1) is 0 Å². The van der Waals surface area contributed by atoms with Gasteiger partial charge in [-0.05, 0) is 30.7 Å². The summed E-state index contributed by atoms with van der Waals surface area (Å²) in [6, 6.07) is 12.6. The standard InChI is InChI=1S/C17H20N2O4S/c20-17(18-14-5-2-1-3-6-14)12-19(11-16-7-4-9-23-16)15-8-10-24(21,22)13-15/h1-7,9,15H,8,10-13H2,(H,18,20)/t15-/m1/s1. The monoisotopic (exact) mass is 348 g/mol. The smallest absolute Gasteiger partial charge is 0.238 e. The molecule has 1 fully saturated rings. The number of carbonyl (C=O) groups excluding carboxylic acids is 1. The van der Waals surface area contributed by atoms with Crippen molar-refractivity contribution in [1.82, 2.24) is 4.90 Å². The summed E-state index contributed by atoms with van der Waals surface area (Å²) >= 11 is 0. The zero-order chi connectivity index (χ0) is 17.0. The Hall–Kier alpha value is -2.12. The second-order valence-corrected chi connectivity index (χ2v) is 8.18. The molecule has 2 heterocycles. The van der Waals surface area contributed by atoms with Gasteiger partial charge >= 0.3 is 0 Å². The second kappa shape index (κ2) is 7.19. The summed E-state index contributed by atoms with van der Waals surface area (Å²) in [7, 11) is -3.02. The van der Waals surface area contributed by atoms with Gasteiger partial charge in [-0.25, -0.2) is 8.42 Å². The number of hydrogen-bond acceptors (Lipinski definition) is 5. The molecule has 0 aliphatic carbocycles. The molecule has 1 amide bonds. The first-order chi connectivity index (χ1) is 11.5. The highest BCUT2D eigenvalue weighted by Gasteiger charge is 2.33. The first kappa shape index (κ1) is 16.7. The minimum absolute atomic E-state index is 0.0896. The van der Waals surface area contributed by atoms with E-state index in [1.807, 2.05) is 41.3 Å². The zero-order valence-electron chi connectivity index (χ0n) is 13.2. The Bertz CT molecular complexity index is 772. The molecule has 7 heteroatoms. The molecule has 3 rings (SSSR count). The molecule has 0 unspecified atom stereocenters. The van der Waals surface area contributed by atoms with E-state index in [0.717, 1.165) is 5.69 Å². The van der Waals surface area contributed by atoms with Crippen LogP contribution in [0.2, 0.25) is 0 Å². The van der Waals surface area contributed by atoms with E-state index in [1.165, 1.54) is 0 Å². The predicted octanol–water partition coefficient (Wildman–Crippen LogP) is 1.91. The molecule has 1 N–H and O–H groups in total. The molecule has 1 saturated heterocycles. The molecular formula is C17H20N2O4S. The summed E-state index contributed by atoms with van der Waals surface area (Å²) in [6.07, 6.45) is 2.12. The predicted molar refractivity (Wildman–Crippen MR) is 91.2 cm³/mol. The summed E-state index contributed by atoms with van der Waals surface area (Å²) in [5.41, 5.74) is 0.722. The minimum atomic E-state index is -3.02. The van der Waals surface area contributed by atoms with E-state index in [0.29, 0.717) is 18.7 Å². The largest absolute Gasteiger partial charge is 0.468 e. The van der Waals surface area contributed by atoms with Gasteiger partial charge in [0.25, 0.3) is 0 Å². The number of rotatable bonds is 6. The Morgan fingerprint density at radius 2 is 2.00 bits per heavy atom. The fraction of sp³-hybridized carbons (Fsp3) is 0.353. The first-order valence-electron chi connectivity index (χ1n) is 7.83. The maximum atomic E-state index is 12.3. The van der Waals surface area contributed by atoms with Crippen molar-refractivity contribution in [3.05, 3.63) is 54.5 Å². The molecule has 1 aliphatic rings. The third-order valence-corrected chi connectivity index (χ3v) is 5.82. The quantitative estimate of drug-likeness (QED) is 0.862. The van der Waals surface area contributed by atoms with Gasteiger partial charge < -0.3 is 9.73 Å². The number of nitrogens with one attached hydrogen (secondary N) is 1. The lowest BCUT2D eigenvalue weighted by molar-refractivity contribution is -0.118. The average Bonchev–Trinajstić information content (AvgIpc) is 3.17. The molecule has 1 aromatic heterocycles. The summed E-state index contributed by atoms with van der Waals surface area (Å²) in [6.45, 7) is 0.533. The number of benzene rings is 1. The van der Waals surface area contributed by atoms with Crippen LogP contribution in [0.15, 0.2) is 53.1 Å². The number of hydrogen-bond donors (Lipinski definition) is 1. The maximum absolute atomic E-state index is 12.3. The van der Waals surface area contributed by atoms with Crippen molar-refractivity contribution in [2.24, 2.45) is 0 Å². The number of sulfone groups is 1. The van der Waals surface area contributed by atoms with Crippen molar-refractivity contribution >= 4 is 21.4 Å². The third kappa shape index (κ3) is 4.46. The summed E-state index contributed by atoms with van der Waals surface area (Å²) < 4.78 is 28.9. The lowest BCUT2D eigenvalue weighted by Gasteiger charge is -2.26. The Morgan fingerprint density at radius 3 is 2.62 bits per heavy atom. The molecule has 2 aromatic rings. The van der Waals surface area contributed by atoms with Crippen molar-refractivity contribution < 1.29 is 17.6 Å². The van der Waals surface area contributed by atoms with Crippen LogP contribution in [0.25, 0.3) is 0 Å². The van der Waals surface area contributed by atoms with Crippen LogP contribution in [0.5, 0.6) is 0 Å². The second-order valence-electron chi connectivity index (χ2n) is 5.96. The summed E-state index contributed by atoms with van der Waals surface area (Å²) in [5.74, 6) is 0.808. The highest BCUT2D eigenvalue weighted by Crippen LogP contribution is 2.20. The van der Waals surface area contributed by atoms with Crippen LogP contribution < -0.4 is 5.32 Å². The lowest BCUT2D eigenvalue weighted by atomic mass is 10.2. The molecule has 0 bridgehead atoms. The topological polar surface area (TPSA) is 79.6 Å². The zero-order valence-corrected chi connectivity index (χ0v) is 14.0. The molecule has 1 aliphatic heterocycles. The number of furan rings is 1. The van der Waals surface area contributed by atoms with Gasteiger partial charge in [0.1, 0.15) is 5.76 Å². The van der Waals surface area contributed by atoms with Crippen LogP contribution in [-0.4, -0.2) is 43.3 Å². The SMILES string of the molecule is O=C(CN(Cc1ccco1)[C@@H]1CCS(=O)(=O)C1)Nc1ccccc1. The van der Waals surface area contributed by atoms with Gasteiger partial charge in [0.2, 0.25) is 5.91 Å². The van der Waals surface area contributed by atoms with Gasteiger partial charge in [0.15, 0.2) is 9.84 Å². The number of amides is 1. The van der Waals surface area contributed by atoms with Crippen LogP contribution in [0.4, 0.5) is 5.69 Å². The van der Waals surface area contributed by atoms with E-state index in [-0.39, 0.29) is 30.0 Å². The number of carbonyl (C=O) groups is 1. The van der Waals surface area contributed by atoms with Crippen molar-refractivity contribution in [3.8, 4) is 0 Å². The van der Waals surface area contributed by atoms with Crippen molar-refractivity contribution in [3.63, 3.8) is 0 Å². The van der Waals surface area contributed by atoms with Crippen LogP contribution in [0.3, 0.4) is 0 Å². The Morgan fingerprint density at radius 1 is 1.21 bits per heavy atom. The normalized spacial score (nSPS) is 19.5. The highest BCUT2D eigenvalue weighted by molar-refractivity contribution is 7.91. The minimum Gasteiger partial charge on any atom is -0.468 e. The molecule has 1 aromatic carbocycles. The highest BCUT2D eigenvalue weighted by atomic mass is 32.2. The van der Waals surface area contributed by atoms with Gasteiger partial charge in [-0.2, -0.15) is 0 Å². The molecule has 24 heavy (non-hydrogen) atoms. The molecule has 1 atom stereocenters. The van der Waals surface area contributed by atoms with Gasteiger partial charge in [-0.15, -0.1) is 0 Å². The van der Waals surface area contributed by atoms with E-state index in [2.05, 4.69) is 5.32 Å². The number of para-hydroxylation sites is 1. The van der Waals surface area contributed by atoms with Crippen LogP contribution in [-0.2, 0) is 21.2 Å². The Kier molecular flexibility index (Phi) is 5.01. The van der Waals surface area contributed by atoms with Gasteiger partial charge in [-0.3, -0.25) is 9.69 Å². The average molecular weight is 348 g/mol. The number of nitrogens with zero attached hydrogens (tertiary/aromatic N) is 1. The lowest BCUT2D eigenvalue weighted by Crippen LogP contribution is -2.41. The van der Waals surface area contributed by atoms with E-state index >= 15 is 0 Å². The van der Waals surface area contributed by atoms with Gasteiger partial charge in [0, 0.05) is 11.7 Å². The van der Waals surface area contributed by atoms with Crippen LogP contribution >= 0.6 is 0 Å². The van der Waals surface area contributed by atoms with Crippen molar-refractivity contribution in [2.75, 3.05) is 23.4 Å². The molecule has 0 spiro atoms. The van der Waals surface area contributed by atoms with Gasteiger partial charge in [-0.1, -0.05) is 18.2 Å². The third-order valence-electron chi connectivity index (χ3n) is 4.07. The fourth-order valence-electron chi connectivity index (χ4n) is 2.89. The summed E-state index contributed by atoms with van der Waals surface area (Å²) in [5, 5.41) is 2.84. The molecular weight excluding hydrogens is 328 g/mol. The first-order valence-corrected chi connectivity index (χ1v) is 9.66.